The maximum absolute atomic E-state index is 12.0. The molecule has 2 atom stereocenters. The minimum absolute atomic E-state index is 0.00172. The molecule has 2 heterocycles. The number of aliphatic hydroxyl groups is 3. The SMILES string of the molecule is COc1nc2nc([C@H](O)[C@H](O)CO)cnc2c(=O)n1C. The zero-order valence-electron chi connectivity index (χ0n) is 10.9. The van der Waals surface area contributed by atoms with Crippen molar-refractivity contribution in [2.24, 2.45) is 7.05 Å². The van der Waals surface area contributed by atoms with Gasteiger partial charge in [-0.25, -0.2) is 9.97 Å². The largest absolute Gasteiger partial charge is 0.468 e. The van der Waals surface area contributed by atoms with Crippen LogP contribution in [0.15, 0.2) is 11.0 Å². The Kier molecular flexibility index (Phi) is 3.93. The summed E-state index contributed by atoms with van der Waals surface area (Å²) in [5, 5.41) is 27.9. The molecule has 2 aromatic rings. The highest BCUT2D eigenvalue weighted by Crippen LogP contribution is 2.16. The molecule has 0 aliphatic heterocycles. The van der Waals surface area contributed by atoms with E-state index in [2.05, 4.69) is 15.0 Å². The molecule has 9 heteroatoms. The predicted molar refractivity (Wildman–Crippen MR) is 67.2 cm³/mol. The standard InChI is InChI=1S/C11H14N4O5/c1-15-10(19)7-9(14-11(15)20-2)13-5(3-12-7)8(18)6(17)4-16/h3,6,8,16-18H,4H2,1-2H3/t6-,8+/m1/s1. The van der Waals surface area contributed by atoms with E-state index < -0.39 is 24.4 Å². The van der Waals surface area contributed by atoms with E-state index >= 15 is 0 Å². The van der Waals surface area contributed by atoms with Gasteiger partial charge in [0.25, 0.3) is 5.56 Å². The van der Waals surface area contributed by atoms with Crippen LogP contribution in [0.5, 0.6) is 6.01 Å². The average Bonchev–Trinajstić information content (AvgIpc) is 2.48. The lowest BCUT2D eigenvalue weighted by atomic mass is 10.1. The maximum atomic E-state index is 12.0. The Morgan fingerprint density at radius 2 is 2.10 bits per heavy atom. The van der Waals surface area contributed by atoms with E-state index in [1.165, 1.54) is 18.7 Å². The van der Waals surface area contributed by atoms with Gasteiger partial charge in [0, 0.05) is 7.05 Å². The summed E-state index contributed by atoms with van der Waals surface area (Å²) in [7, 11) is 2.84. The van der Waals surface area contributed by atoms with Crippen LogP contribution >= 0.6 is 0 Å². The van der Waals surface area contributed by atoms with Gasteiger partial charge in [0.15, 0.2) is 11.2 Å². The third kappa shape index (κ3) is 2.33. The second-order valence-corrected chi connectivity index (χ2v) is 4.12. The first kappa shape index (κ1) is 14.3. The number of aromatic nitrogens is 4. The van der Waals surface area contributed by atoms with Gasteiger partial charge in [-0.2, -0.15) is 4.98 Å². The Morgan fingerprint density at radius 1 is 1.40 bits per heavy atom. The highest BCUT2D eigenvalue weighted by molar-refractivity contribution is 5.68. The average molecular weight is 282 g/mol. The molecule has 108 valence electrons. The highest BCUT2D eigenvalue weighted by atomic mass is 16.5. The summed E-state index contributed by atoms with van der Waals surface area (Å²) < 4.78 is 6.11. The van der Waals surface area contributed by atoms with Crippen molar-refractivity contribution in [1.82, 2.24) is 19.5 Å². The summed E-state index contributed by atoms with van der Waals surface area (Å²) in [6.07, 6.45) is -1.66. The van der Waals surface area contributed by atoms with E-state index in [9.17, 15) is 15.0 Å². The summed E-state index contributed by atoms with van der Waals surface area (Å²) in [4.78, 5) is 23.8. The zero-order chi connectivity index (χ0) is 14.9. The Hall–Kier alpha value is -2.10. The normalized spacial score (nSPS) is 14.2. The topological polar surface area (TPSA) is 131 Å². The van der Waals surface area contributed by atoms with Crippen LogP contribution < -0.4 is 10.3 Å². The zero-order valence-corrected chi connectivity index (χ0v) is 10.9. The fraction of sp³-hybridized carbons (Fsp3) is 0.455. The molecule has 0 bridgehead atoms. The van der Waals surface area contributed by atoms with Crippen LogP contribution in [0.25, 0.3) is 11.2 Å². The van der Waals surface area contributed by atoms with Crippen molar-refractivity contribution in [3.05, 3.63) is 22.2 Å². The Bertz CT molecular complexity index is 686. The Morgan fingerprint density at radius 3 is 2.70 bits per heavy atom. The van der Waals surface area contributed by atoms with Gasteiger partial charge in [0.1, 0.15) is 12.2 Å². The molecule has 0 unspecified atom stereocenters. The van der Waals surface area contributed by atoms with Crippen LogP contribution in [0, 0.1) is 0 Å². The number of rotatable bonds is 4. The molecule has 3 N–H and O–H groups in total. The van der Waals surface area contributed by atoms with Crippen LogP contribution in [-0.2, 0) is 7.05 Å². The molecule has 2 aromatic heterocycles. The highest BCUT2D eigenvalue weighted by Gasteiger charge is 2.21. The van der Waals surface area contributed by atoms with Gasteiger partial charge in [-0.05, 0) is 0 Å². The van der Waals surface area contributed by atoms with E-state index in [4.69, 9.17) is 9.84 Å². The van der Waals surface area contributed by atoms with Gasteiger partial charge in [-0.1, -0.05) is 0 Å². The number of ether oxygens (including phenoxy) is 1. The second kappa shape index (κ2) is 5.49. The van der Waals surface area contributed by atoms with Crippen molar-refractivity contribution in [2.75, 3.05) is 13.7 Å². The van der Waals surface area contributed by atoms with Gasteiger partial charge in [-0.3, -0.25) is 9.36 Å². The molecular weight excluding hydrogens is 268 g/mol. The number of methoxy groups -OCH3 is 1. The smallest absolute Gasteiger partial charge is 0.300 e. The summed E-state index contributed by atoms with van der Waals surface area (Å²) in [5.41, 5.74) is -0.431. The van der Waals surface area contributed by atoms with Crippen LogP contribution in [-0.4, -0.2) is 54.7 Å². The van der Waals surface area contributed by atoms with E-state index in [0.29, 0.717) is 0 Å². The molecule has 0 fully saturated rings. The van der Waals surface area contributed by atoms with Gasteiger partial charge in [-0.15, -0.1) is 0 Å². The van der Waals surface area contributed by atoms with E-state index in [1.54, 1.807) is 0 Å². The number of aliphatic hydroxyl groups excluding tert-OH is 3. The number of hydrogen-bond donors (Lipinski definition) is 3. The lowest BCUT2D eigenvalue weighted by Crippen LogP contribution is -2.25. The van der Waals surface area contributed by atoms with Crippen LogP contribution in [0.1, 0.15) is 11.8 Å². The first-order valence-corrected chi connectivity index (χ1v) is 5.74. The summed E-state index contributed by atoms with van der Waals surface area (Å²) >= 11 is 0. The molecule has 0 amide bonds. The molecule has 2 rings (SSSR count). The molecule has 0 aliphatic carbocycles. The van der Waals surface area contributed by atoms with Crippen molar-refractivity contribution in [3.63, 3.8) is 0 Å². The molecule has 0 radical (unpaired) electrons. The monoisotopic (exact) mass is 282 g/mol. The molecule has 0 aliphatic rings. The van der Waals surface area contributed by atoms with Crippen molar-refractivity contribution in [2.45, 2.75) is 12.2 Å². The third-order valence-corrected chi connectivity index (χ3v) is 2.81. The number of hydrogen-bond acceptors (Lipinski definition) is 8. The fourth-order valence-corrected chi connectivity index (χ4v) is 1.65. The minimum atomic E-state index is -1.42. The van der Waals surface area contributed by atoms with Crippen molar-refractivity contribution in [1.29, 1.82) is 0 Å². The molecule has 0 saturated heterocycles. The quantitative estimate of drug-likeness (QED) is 0.594. The van der Waals surface area contributed by atoms with Gasteiger partial charge in [0.2, 0.25) is 0 Å². The molecular formula is C11H14N4O5. The first-order valence-electron chi connectivity index (χ1n) is 5.74. The number of fused-ring (bicyclic) bond motifs is 1. The predicted octanol–water partition coefficient (Wildman–Crippen LogP) is -1.88. The van der Waals surface area contributed by atoms with Crippen molar-refractivity contribution >= 4 is 11.2 Å². The Labute approximate surface area is 113 Å². The number of nitrogens with zero attached hydrogens (tertiary/aromatic N) is 4. The van der Waals surface area contributed by atoms with Gasteiger partial charge < -0.3 is 20.1 Å². The lowest BCUT2D eigenvalue weighted by molar-refractivity contribution is -0.0173. The summed E-state index contributed by atoms with van der Waals surface area (Å²) in [6, 6.07) is 0.0474. The lowest BCUT2D eigenvalue weighted by Gasteiger charge is -2.14. The molecule has 0 spiro atoms. The molecule has 0 aromatic carbocycles. The molecule has 20 heavy (non-hydrogen) atoms. The van der Waals surface area contributed by atoms with Crippen LogP contribution in [0.3, 0.4) is 0 Å². The van der Waals surface area contributed by atoms with Crippen LogP contribution in [0.2, 0.25) is 0 Å². The first-order chi connectivity index (χ1) is 9.49. The third-order valence-electron chi connectivity index (χ3n) is 2.81. The van der Waals surface area contributed by atoms with E-state index in [1.807, 2.05) is 0 Å². The summed E-state index contributed by atoms with van der Waals surface area (Å²) in [6.45, 7) is -0.631. The van der Waals surface area contributed by atoms with E-state index in [-0.39, 0.29) is 22.9 Å². The van der Waals surface area contributed by atoms with Crippen molar-refractivity contribution < 1.29 is 20.1 Å². The van der Waals surface area contributed by atoms with Crippen molar-refractivity contribution in [3.8, 4) is 6.01 Å². The maximum Gasteiger partial charge on any atom is 0.300 e. The fourth-order valence-electron chi connectivity index (χ4n) is 1.65. The molecule has 0 saturated carbocycles. The van der Waals surface area contributed by atoms with Gasteiger partial charge >= 0.3 is 6.01 Å². The Balaban J connectivity index is 2.60. The van der Waals surface area contributed by atoms with E-state index in [0.717, 1.165) is 6.20 Å². The molecule has 9 nitrogen and oxygen atoms in total. The minimum Gasteiger partial charge on any atom is -0.468 e. The second-order valence-electron chi connectivity index (χ2n) is 4.12. The summed E-state index contributed by atoms with van der Waals surface area (Å²) in [5.74, 6) is 0. The van der Waals surface area contributed by atoms with Gasteiger partial charge in [0.05, 0.1) is 25.6 Å². The van der Waals surface area contributed by atoms with Crippen LogP contribution in [0.4, 0.5) is 0 Å².